The van der Waals surface area contributed by atoms with Crippen LogP contribution in [0.25, 0.3) is 11.0 Å². The third-order valence-corrected chi connectivity index (χ3v) is 9.55. The lowest BCUT2D eigenvalue weighted by Gasteiger charge is -2.28. The molecule has 230 valence electrons. The number of sulfonamides is 1. The Bertz CT molecular complexity index is 1860. The number of carbonyl (C=O) groups is 1. The predicted octanol–water partition coefficient (Wildman–Crippen LogP) is 5.06. The molecule has 2 heterocycles. The quantitative estimate of drug-likeness (QED) is 0.164. The Morgan fingerprint density at radius 3 is 2.57 bits per heavy atom. The van der Waals surface area contributed by atoms with E-state index in [-0.39, 0.29) is 40.5 Å². The number of nitro benzene ring substituents is 1. The van der Waals surface area contributed by atoms with E-state index in [0.717, 1.165) is 34.0 Å². The Morgan fingerprint density at radius 1 is 1.09 bits per heavy atom. The van der Waals surface area contributed by atoms with Gasteiger partial charge >= 0.3 is 0 Å². The molecule has 1 aromatic heterocycles. The molecule has 4 aromatic rings. The first-order chi connectivity index (χ1) is 21.0. The second kappa shape index (κ2) is 13.3. The van der Waals surface area contributed by atoms with E-state index >= 15 is 0 Å². The summed E-state index contributed by atoms with van der Waals surface area (Å²) in [6.07, 6.45) is 2.18. The van der Waals surface area contributed by atoms with Gasteiger partial charge in [0, 0.05) is 25.8 Å². The molecule has 11 nitrogen and oxygen atoms in total. The zero-order valence-corrected chi connectivity index (χ0v) is 25.4. The Morgan fingerprint density at radius 2 is 1.86 bits per heavy atom. The highest BCUT2D eigenvalue weighted by molar-refractivity contribution is 7.89. The summed E-state index contributed by atoms with van der Waals surface area (Å²) in [5, 5.41) is 11.7. The molecule has 5 rings (SSSR count). The van der Waals surface area contributed by atoms with E-state index < -0.39 is 39.2 Å². The van der Waals surface area contributed by atoms with Crippen molar-refractivity contribution >= 4 is 44.2 Å². The number of fused-ring (bicyclic) bond motifs is 1. The second-order valence-corrected chi connectivity index (χ2v) is 13.0. The smallest absolute Gasteiger partial charge is 0.289 e. The molecule has 0 bridgehead atoms. The number of aryl methyl sites for hydroxylation is 1. The highest BCUT2D eigenvalue weighted by Crippen LogP contribution is 2.29. The predicted molar refractivity (Wildman–Crippen MR) is 164 cm³/mol. The number of nitrogens with zero attached hydrogens (tertiary/aromatic N) is 3. The molecular formula is C31H30ClN3O8S. The van der Waals surface area contributed by atoms with Gasteiger partial charge in [-0.3, -0.25) is 19.7 Å². The van der Waals surface area contributed by atoms with Crippen molar-refractivity contribution in [3.05, 3.63) is 115 Å². The highest BCUT2D eigenvalue weighted by atomic mass is 35.5. The summed E-state index contributed by atoms with van der Waals surface area (Å²) in [6.45, 7) is 1.53. The second-order valence-electron chi connectivity index (χ2n) is 10.6. The molecule has 1 fully saturated rings. The number of amides is 1. The number of benzene rings is 3. The lowest BCUT2D eigenvalue weighted by Crippen LogP contribution is -2.45. The van der Waals surface area contributed by atoms with Crippen LogP contribution in [0.1, 0.15) is 29.5 Å². The van der Waals surface area contributed by atoms with Gasteiger partial charge in [0.2, 0.25) is 15.9 Å². The van der Waals surface area contributed by atoms with Crippen molar-refractivity contribution in [2.24, 2.45) is 0 Å². The molecule has 0 saturated carbocycles. The number of halogens is 1. The van der Waals surface area contributed by atoms with Crippen LogP contribution in [-0.4, -0.2) is 54.3 Å². The minimum Gasteiger partial charge on any atom is -0.464 e. The maximum atomic E-state index is 14.0. The molecule has 1 amide bonds. The summed E-state index contributed by atoms with van der Waals surface area (Å²) in [4.78, 5) is 39.1. The zero-order valence-electron chi connectivity index (χ0n) is 23.8. The van der Waals surface area contributed by atoms with Gasteiger partial charge in [-0.15, -0.1) is 0 Å². The standard InChI is InChI=1S/C31H30ClN3O8S/c1-21-9-12-29-26(14-21)31(37)23(20-43-29)17-33(16-22-6-3-2-4-7-22)30(36)19-34(18-24-8-5-13-42-24)44(40,41)25-10-11-27(32)28(15-25)35(38)39/h2-4,6-7,9-12,14-15,20,24H,5,8,13,16-19H2,1H3. The highest BCUT2D eigenvalue weighted by Gasteiger charge is 2.33. The molecule has 0 aliphatic carbocycles. The maximum Gasteiger partial charge on any atom is 0.289 e. The van der Waals surface area contributed by atoms with Crippen molar-refractivity contribution in [1.29, 1.82) is 0 Å². The average molecular weight is 640 g/mol. The Hall–Kier alpha value is -4.10. The topological polar surface area (TPSA) is 140 Å². The molecule has 44 heavy (non-hydrogen) atoms. The van der Waals surface area contributed by atoms with Crippen LogP contribution in [0.4, 0.5) is 5.69 Å². The zero-order chi connectivity index (χ0) is 31.4. The molecule has 13 heteroatoms. The summed E-state index contributed by atoms with van der Waals surface area (Å²) in [7, 11) is -4.41. The van der Waals surface area contributed by atoms with Crippen molar-refractivity contribution in [1.82, 2.24) is 9.21 Å². The van der Waals surface area contributed by atoms with Crippen LogP contribution in [-0.2, 0) is 32.6 Å². The van der Waals surface area contributed by atoms with Crippen LogP contribution < -0.4 is 5.43 Å². The van der Waals surface area contributed by atoms with Gasteiger partial charge in [-0.25, -0.2) is 8.42 Å². The third-order valence-electron chi connectivity index (χ3n) is 7.42. The Balaban J connectivity index is 1.50. The minimum absolute atomic E-state index is 0.0885. The van der Waals surface area contributed by atoms with Crippen molar-refractivity contribution in [3.63, 3.8) is 0 Å². The first kappa shape index (κ1) is 31.3. The van der Waals surface area contributed by atoms with Crippen molar-refractivity contribution in [2.45, 2.75) is 43.9 Å². The molecule has 1 unspecified atom stereocenters. The number of hydrogen-bond donors (Lipinski definition) is 0. The molecule has 1 atom stereocenters. The van der Waals surface area contributed by atoms with Gasteiger partial charge in [-0.05, 0) is 49.6 Å². The van der Waals surface area contributed by atoms with Gasteiger partial charge in [0.05, 0.1) is 46.2 Å². The Kier molecular flexibility index (Phi) is 9.45. The summed E-state index contributed by atoms with van der Waals surface area (Å²) >= 11 is 5.93. The van der Waals surface area contributed by atoms with E-state index in [1.54, 1.807) is 12.1 Å². The lowest BCUT2D eigenvalue weighted by atomic mass is 10.1. The largest absolute Gasteiger partial charge is 0.464 e. The van der Waals surface area contributed by atoms with Gasteiger partial charge < -0.3 is 14.1 Å². The summed E-state index contributed by atoms with van der Waals surface area (Å²) in [6, 6.07) is 17.5. The first-order valence-corrected chi connectivity index (χ1v) is 15.7. The molecular weight excluding hydrogens is 610 g/mol. The van der Waals surface area contributed by atoms with Gasteiger partial charge in [0.25, 0.3) is 5.69 Å². The van der Waals surface area contributed by atoms with Crippen LogP contribution in [0.15, 0.2) is 87.1 Å². The number of rotatable bonds is 11. The molecule has 3 aromatic carbocycles. The first-order valence-electron chi connectivity index (χ1n) is 13.9. The monoisotopic (exact) mass is 639 g/mol. The van der Waals surface area contributed by atoms with Crippen LogP contribution in [0.2, 0.25) is 5.02 Å². The lowest BCUT2D eigenvalue weighted by molar-refractivity contribution is -0.384. The van der Waals surface area contributed by atoms with Gasteiger partial charge in [-0.1, -0.05) is 53.6 Å². The SMILES string of the molecule is Cc1ccc2occ(CN(Cc3ccccc3)C(=O)CN(CC3CCCO3)S(=O)(=O)c3ccc(Cl)c([N+](=O)[O-])c3)c(=O)c2c1. The van der Waals surface area contributed by atoms with Gasteiger partial charge in [0.1, 0.15) is 10.6 Å². The summed E-state index contributed by atoms with van der Waals surface area (Å²) < 4.78 is 40.1. The fraction of sp³-hybridized carbons (Fsp3) is 0.290. The van der Waals surface area contributed by atoms with Crippen LogP contribution in [0.5, 0.6) is 0 Å². The minimum atomic E-state index is -4.41. The van der Waals surface area contributed by atoms with E-state index in [0.29, 0.717) is 24.0 Å². The van der Waals surface area contributed by atoms with E-state index in [1.807, 2.05) is 43.3 Å². The number of ether oxygens (including phenoxy) is 1. The molecule has 0 radical (unpaired) electrons. The molecule has 1 saturated heterocycles. The van der Waals surface area contributed by atoms with Crippen LogP contribution in [0, 0.1) is 17.0 Å². The van der Waals surface area contributed by atoms with E-state index in [4.69, 9.17) is 20.8 Å². The molecule has 0 N–H and O–H groups in total. The van der Waals surface area contributed by atoms with Crippen molar-refractivity contribution < 1.29 is 27.3 Å². The molecule has 1 aliphatic rings. The Labute approximate surface area is 258 Å². The van der Waals surface area contributed by atoms with Crippen molar-refractivity contribution in [3.8, 4) is 0 Å². The number of nitro groups is 1. The van der Waals surface area contributed by atoms with Crippen LogP contribution in [0.3, 0.4) is 0 Å². The van der Waals surface area contributed by atoms with Crippen molar-refractivity contribution in [2.75, 3.05) is 19.7 Å². The molecule has 0 spiro atoms. The van der Waals surface area contributed by atoms with E-state index in [1.165, 1.54) is 17.2 Å². The fourth-order valence-corrected chi connectivity index (χ4v) is 6.72. The fourth-order valence-electron chi connectivity index (χ4n) is 5.09. The normalized spacial score (nSPS) is 15.1. The average Bonchev–Trinajstić information content (AvgIpc) is 3.52. The maximum absolute atomic E-state index is 14.0. The number of hydrogen-bond acceptors (Lipinski definition) is 8. The summed E-state index contributed by atoms with van der Waals surface area (Å²) in [5.41, 5.74) is 1.42. The van der Waals surface area contributed by atoms with Gasteiger partial charge in [0.15, 0.2) is 5.43 Å². The summed E-state index contributed by atoms with van der Waals surface area (Å²) in [5.74, 6) is -0.581. The third kappa shape index (κ3) is 6.99. The van der Waals surface area contributed by atoms with Gasteiger partial charge in [-0.2, -0.15) is 4.31 Å². The molecule has 1 aliphatic heterocycles. The number of carbonyl (C=O) groups excluding carboxylic acids is 1. The van der Waals surface area contributed by atoms with E-state index in [9.17, 15) is 28.1 Å². The van der Waals surface area contributed by atoms with E-state index in [2.05, 4.69) is 0 Å². The van der Waals surface area contributed by atoms with Crippen LogP contribution >= 0.6 is 11.6 Å².